The van der Waals surface area contributed by atoms with Crippen LogP contribution in [0.15, 0.2) is 103 Å². The maximum Gasteiger partial charge on any atom is 3.00 e. The molecule has 39 heavy (non-hydrogen) atoms. The van der Waals surface area contributed by atoms with Crippen molar-refractivity contribution in [3.05, 3.63) is 139 Å². The zero-order valence-corrected chi connectivity index (χ0v) is 24.5. The number of aromatic nitrogens is 1. The Morgan fingerprint density at radius 3 is 2.41 bits per heavy atom. The molecule has 0 fully saturated rings. The van der Waals surface area contributed by atoms with Crippen molar-refractivity contribution in [2.75, 3.05) is 16.8 Å². The molecule has 0 amide bonds. The van der Waals surface area contributed by atoms with Gasteiger partial charge in [-0.15, -0.1) is 47.1 Å². The Bertz CT molecular complexity index is 1700. The van der Waals surface area contributed by atoms with E-state index < -0.39 is 6.85 Å². The van der Waals surface area contributed by atoms with Gasteiger partial charge in [0.2, 0.25) is 0 Å². The first-order valence-electron chi connectivity index (χ1n) is 14.2. The van der Waals surface area contributed by atoms with Crippen molar-refractivity contribution in [1.82, 2.24) is 4.98 Å². The van der Waals surface area contributed by atoms with E-state index in [4.69, 9.17) is 4.11 Å². The molecule has 0 N–H and O–H groups in total. The minimum atomic E-state index is -2.20. The fourth-order valence-electron chi connectivity index (χ4n) is 5.32. The first-order chi connectivity index (χ1) is 19.7. The summed E-state index contributed by atoms with van der Waals surface area (Å²) in [6, 6.07) is 37.9. The number of hydrogen-bond donors (Lipinski definition) is 0. The number of benzene rings is 4. The minimum Gasteiger partial charge on any atom is -0.504 e. The summed E-state index contributed by atoms with van der Waals surface area (Å²) in [5.41, 5.74) is 9.71. The molecule has 2 aliphatic rings. The molecule has 0 saturated heterocycles. The normalized spacial score (nSPS) is 15.4. The second kappa shape index (κ2) is 10.8. The summed E-state index contributed by atoms with van der Waals surface area (Å²) >= 11 is 0. The van der Waals surface area contributed by atoms with Crippen molar-refractivity contribution < 1.29 is 24.2 Å². The third kappa shape index (κ3) is 4.80. The van der Waals surface area contributed by atoms with Crippen LogP contribution in [0.3, 0.4) is 0 Å². The maximum atomic E-state index is 7.82. The van der Waals surface area contributed by atoms with Gasteiger partial charge in [0.05, 0.1) is 0 Å². The monoisotopic (exact) mass is 688 g/mol. The van der Waals surface area contributed by atoms with Crippen LogP contribution in [-0.4, -0.2) is 12.0 Å². The van der Waals surface area contributed by atoms with E-state index >= 15 is 0 Å². The van der Waals surface area contributed by atoms with E-state index in [1.807, 2.05) is 54.6 Å². The van der Waals surface area contributed by atoms with Gasteiger partial charge >= 0.3 is 20.1 Å². The Labute approximate surface area is 249 Å². The van der Waals surface area contributed by atoms with Crippen LogP contribution in [0.1, 0.15) is 34.7 Å². The first kappa shape index (κ1) is 23.2. The van der Waals surface area contributed by atoms with Crippen LogP contribution in [0.25, 0.3) is 22.4 Å². The summed E-state index contributed by atoms with van der Waals surface area (Å²) in [6.07, 6.45) is 1.63. The van der Waals surface area contributed by atoms with Crippen LogP contribution in [0.5, 0.6) is 0 Å². The van der Waals surface area contributed by atoms with Gasteiger partial charge in [-0.1, -0.05) is 62.4 Å². The van der Waals surface area contributed by atoms with Gasteiger partial charge in [0.15, 0.2) is 0 Å². The topological polar surface area (TPSA) is 19.4 Å². The molecule has 194 valence electrons. The van der Waals surface area contributed by atoms with Gasteiger partial charge in [0.25, 0.3) is 0 Å². The molecule has 4 heteroatoms. The van der Waals surface area contributed by atoms with Gasteiger partial charge in [-0.25, -0.2) is 0 Å². The molecule has 3 nitrogen and oxygen atoms in total. The van der Waals surface area contributed by atoms with E-state index in [0.29, 0.717) is 16.8 Å². The van der Waals surface area contributed by atoms with Gasteiger partial charge < -0.3 is 14.8 Å². The molecule has 0 aliphatic carbocycles. The first-order valence-corrected chi connectivity index (χ1v) is 12.7. The van der Waals surface area contributed by atoms with Crippen LogP contribution >= 0.6 is 0 Å². The molecule has 0 unspecified atom stereocenters. The summed E-state index contributed by atoms with van der Waals surface area (Å²) in [5, 5.41) is 0. The standard InChI is InChI=1S/C18H14N.C17H16N2.Ir/c1-14-12-18(16-10-6-3-7-11-16)19-13-17(14)15-8-4-2-5-9-15;1-17(2)12-7-4-5-9-14(12)19-11-18(3)15-10-6-8-13(17)16(15)19;/h2-10,12-13H,1H3;4-8,10-11H,1-3H3;/q-1;-2;+3/i1D3;;. The Hall–Kier alpha value is -3.72. The number of nitrogens with zero attached hydrogens (tertiary/aromatic N) is 3. The van der Waals surface area contributed by atoms with E-state index in [-0.39, 0.29) is 25.5 Å². The van der Waals surface area contributed by atoms with Crippen molar-refractivity contribution in [3.63, 3.8) is 0 Å². The van der Waals surface area contributed by atoms with Crippen LogP contribution in [0, 0.1) is 25.7 Å². The van der Waals surface area contributed by atoms with Crippen LogP contribution in [0.2, 0.25) is 0 Å². The van der Waals surface area contributed by atoms with E-state index in [1.165, 1.54) is 28.2 Å². The predicted octanol–water partition coefficient (Wildman–Crippen LogP) is 8.35. The number of para-hydroxylation sites is 2. The molecule has 3 heterocycles. The van der Waals surface area contributed by atoms with Crippen LogP contribution in [-0.2, 0) is 25.5 Å². The zero-order chi connectivity index (χ0) is 28.8. The molecule has 0 bridgehead atoms. The Morgan fingerprint density at radius 2 is 1.64 bits per heavy atom. The second-order valence-electron chi connectivity index (χ2n) is 10.1. The molecular weight excluding hydrogens is 655 g/mol. The molecule has 0 atom stereocenters. The number of aryl methyl sites for hydroxylation is 1. The van der Waals surface area contributed by atoms with Crippen LogP contribution < -0.4 is 9.80 Å². The van der Waals surface area contributed by atoms with E-state index in [9.17, 15) is 0 Å². The molecule has 0 spiro atoms. The van der Waals surface area contributed by atoms with Crippen LogP contribution in [0.4, 0.5) is 17.1 Å². The molecule has 0 saturated carbocycles. The molecule has 4 aromatic carbocycles. The second-order valence-corrected chi connectivity index (χ2v) is 10.1. The Balaban J connectivity index is 0.000000165. The van der Waals surface area contributed by atoms with Crippen molar-refractivity contribution in [1.29, 1.82) is 0 Å². The molecule has 5 aromatic rings. The van der Waals surface area contributed by atoms with Gasteiger partial charge in [-0.3, -0.25) is 0 Å². The number of hydrogen-bond acceptors (Lipinski definition) is 3. The Morgan fingerprint density at radius 1 is 0.872 bits per heavy atom. The largest absolute Gasteiger partial charge is 3.00 e. The number of rotatable bonds is 2. The molecule has 2 aliphatic heterocycles. The number of pyridine rings is 1. The fraction of sp³-hybridized carbons (Fsp3) is 0.143. The summed E-state index contributed by atoms with van der Waals surface area (Å²) in [4.78, 5) is 8.87. The van der Waals surface area contributed by atoms with Crippen molar-refractivity contribution in [2.24, 2.45) is 0 Å². The fourth-order valence-corrected chi connectivity index (χ4v) is 5.32. The van der Waals surface area contributed by atoms with Gasteiger partial charge in [-0.05, 0) is 47.8 Å². The summed E-state index contributed by atoms with van der Waals surface area (Å²) in [5.74, 6) is 0. The average molecular weight is 688 g/mol. The zero-order valence-electron chi connectivity index (χ0n) is 25.1. The molecule has 1 aromatic heterocycles. The minimum absolute atomic E-state index is 0. The number of fused-ring (bicyclic) bond motifs is 2. The number of anilines is 3. The summed E-state index contributed by atoms with van der Waals surface area (Å²) in [7, 11) is 2.10. The van der Waals surface area contributed by atoms with Crippen molar-refractivity contribution in [2.45, 2.75) is 26.1 Å². The quantitative estimate of drug-likeness (QED) is 0.174. The van der Waals surface area contributed by atoms with Gasteiger partial charge in [0, 0.05) is 27.2 Å². The van der Waals surface area contributed by atoms with E-state index in [2.05, 4.69) is 84.8 Å². The van der Waals surface area contributed by atoms with Gasteiger partial charge in [0.1, 0.15) is 0 Å². The maximum absolute atomic E-state index is 7.82. The van der Waals surface area contributed by atoms with Crippen molar-refractivity contribution >= 4 is 17.1 Å². The third-order valence-electron chi connectivity index (χ3n) is 7.32. The van der Waals surface area contributed by atoms with Crippen molar-refractivity contribution in [3.8, 4) is 22.4 Å². The summed E-state index contributed by atoms with van der Waals surface area (Å²) < 4.78 is 23.5. The molecule has 7 rings (SSSR count). The predicted molar refractivity (Wildman–Crippen MR) is 157 cm³/mol. The molecule has 0 radical (unpaired) electrons. The summed E-state index contributed by atoms with van der Waals surface area (Å²) in [6.45, 7) is 4.55. The Kier molecular flexibility index (Phi) is 6.42. The van der Waals surface area contributed by atoms with E-state index in [1.54, 1.807) is 18.3 Å². The third-order valence-corrected chi connectivity index (χ3v) is 7.32. The van der Waals surface area contributed by atoms with Gasteiger partial charge in [-0.2, -0.15) is 30.9 Å². The van der Waals surface area contributed by atoms with E-state index in [0.717, 1.165) is 11.1 Å². The molecular formula is C35H30IrN3. The average Bonchev–Trinajstić information content (AvgIpc) is 3.33. The SMILES string of the molecule is CN1[CH-]N2c3[c-]cccc3C(C)(C)c3cccc1c32.[2H]C([2H])([2H])c1cc(-c2[c-]cccc2)ncc1-c1ccccc1.[Ir+3]. The smallest absolute Gasteiger partial charge is 0.504 e.